The lowest BCUT2D eigenvalue weighted by molar-refractivity contribution is -0.133. The van der Waals surface area contributed by atoms with Crippen molar-refractivity contribution in [2.75, 3.05) is 0 Å². The van der Waals surface area contributed by atoms with Gasteiger partial charge >= 0.3 is 5.97 Å². The first-order chi connectivity index (χ1) is 11.7. The Bertz CT molecular complexity index is 780. The number of benzene rings is 2. The molecule has 24 heavy (non-hydrogen) atoms. The van der Waals surface area contributed by atoms with E-state index in [9.17, 15) is 9.59 Å². The minimum atomic E-state index is -0.756. The Kier molecular flexibility index (Phi) is 3.60. The maximum atomic E-state index is 12.7. The summed E-state index contributed by atoms with van der Waals surface area (Å²) < 4.78 is 5.37. The number of hydrogen-bond acceptors (Lipinski definition) is 3. The lowest BCUT2D eigenvalue weighted by Crippen LogP contribution is -2.55. The zero-order chi connectivity index (χ0) is 16.6. The van der Waals surface area contributed by atoms with Gasteiger partial charge in [0.15, 0.2) is 6.10 Å². The fourth-order valence-electron chi connectivity index (χ4n) is 3.57. The van der Waals surface area contributed by atoms with Crippen molar-refractivity contribution >= 4 is 11.9 Å². The third-order valence-electron chi connectivity index (χ3n) is 5.08. The molecule has 0 aromatic heterocycles. The van der Waals surface area contributed by atoms with Gasteiger partial charge in [0.25, 0.3) is 5.91 Å². The van der Waals surface area contributed by atoms with Gasteiger partial charge in [-0.2, -0.15) is 0 Å². The molecule has 4 rings (SSSR count). The number of esters is 1. The van der Waals surface area contributed by atoms with Crippen molar-refractivity contribution in [1.29, 1.82) is 0 Å². The molecule has 1 amide bonds. The second-order valence-corrected chi connectivity index (χ2v) is 6.55. The average molecular weight is 321 g/mol. The summed E-state index contributed by atoms with van der Waals surface area (Å²) in [6.07, 6.45) is 2.59. The number of ether oxygens (including phenoxy) is 1. The van der Waals surface area contributed by atoms with Crippen molar-refractivity contribution in [2.24, 2.45) is 0 Å². The van der Waals surface area contributed by atoms with Crippen LogP contribution in [0.2, 0.25) is 0 Å². The minimum absolute atomic E-state index is 0.207. The largest absolute Gasteiger partial charge is 0.448 e. The smallest absolute Gasteiger partial charge is 0.339 e. The highest BCUT2D eigenvalue weighted by Crippen LogP contribution is 2.41. The molecule has 122 valence electrons. The van der Waals surface area contributed by atoms with Crippen molar-refractivity contribution < 1.29 is 14.3 Å². The molecule has 0 saturated heterocycles. The van der Waals surface area contributed by atoms with E-state index in [1.54, 1.807) is 12.1 Å². The summed E-state index contributed by atoms with van der Waals surface area (Å²) in [7, 11) is 0. The SMILES string of the molecule is O=C1OC(C(=O)NC2(c3ccccc3)CCC2)Cc2ccccc21. The molecule has 4 nitrogen and oxygen atoms in total. The van der Waals surface area contributed by atoms with Crippen LogP contribution in [0.3, 0.4) is 0 Å². The van der Waals surface area contributed by atoms with Gasteiger partial charge in [0.05, 0.1) is 11.1 Å². The fraction of sp³-hybridized carbons (Fsp3) is 0.300. The van der Waals surface area contributed by atoms with Gasteiger partial charge in [-0.05, 0) is 36.5 Å². The van der Waals surface area contributed by atoms with Crippen LogP contribution < -0.4 is 5.32 Å². The fourth-order valence-corrected chi connectivity index (χ4v) is 3.57. The topological polar surface area (TPSA) is 55.4 Å². The molecule has 1 fully saturated rings. The molecule has 2 aromatic rings. The van der Waals surface area contributed by atoms with Crippen LogP contribution in [0.4, 0.5) is 0 Å². The van der Waals surface area contributed by atoms with Crippen LogP contribution in [0.25, 0.3) is 0 Å². The Labute approximate surface area is 140 Å². The summed E-state index contributed by atoms with van der Waals surface area (Å²) in [5.74, 6) is -0.624. The normalized spacial score (nSPS) is 21.2. The summed E-state index contributed by atoms with van der Waals surface area (Å²) in [6, 6.07) is 17.3. The number of amides is 1. The Morgan fingerprint density at radius 3 is 2.46 bits per heavy atom. The van der Waals surface area contributed by atoms with E-state index < -0.39 is 12.1 Å². The molecule has 2 aliphatic rings. The minimum Gasteiger partial charge on any atom is -0.448 e. The molecule has 2 aromatic carbocycles. The molecule has 1 saturated carbocycles. The molecule has 1 heterocycles. The zero-order valence-electron chi connectivity index (χ0n) is 13.3. The van der Waals surface area contributed by atoms with Crippen LogP contribution >= 0.6 is 0 Å². The van der Waals surface area contributed by atoms with E-state index in [4.69, 9.17) is 4.74 Å². The molecular formula is C20H19NO3. The molecule has 1 N–H and O–H groups in total. The van der Waals surface area contributed by atoms with Crippen LogP contribution in [0, 0.1) is 0 Å². The number of hydrogen-bond donors (Lipinski definition) is 1. The number of carbonyl (C=O) groups is 2. The summed E-state index contributed by atoms with van der Waals surface area (Å²) in [5.41, 5.74) is 2.23. The first kappa shape index (κ1) is 14.9. The van der Waals surface area contributed by atoms with Crippen LogP contribution in [-0.2, 0) is 21.5 Å². The Balaban J connectivity index is 1.54. The van der Waals surface area contributed by atoms with Gasteiger partial charge in [-0.3, -0.25) is 4.79 Å². The molecular weight excluding hydrogens is 302 g/mol. The second kappa shape index (κ2) is 5.78. The molecule has 1 aliphatic heterocycles. The third-order valence-corrected chi connectivity index (χ3v) is 5.08. The average Bonchev–Trinajstić information content (AvgIpc) is 2.58. The lowest BCUT2D eigenvalue weighted by Gasteiger charge is -2.44. The number of cyclic esters (lactones) is 1. The number of rotatable bonds is 3. The van der Waals surface area contributed by atoms with Gasteiger partial charge in [0.2, 0.25) is 0 Å². The highest BCUT2D eigenvalue weighted by molar-refractivity contribution is 5.96. The number of fused-ring (bicyclic) bond motifs is 1. The maximum Gasteiger partial charge on any atom is 0.339 e. The summed E-state index contributed by atoms with van der Waals surface area (Å²) in [5, 5.41) is 3.15. The van der Waals surface area contributed by atoms with Crippen molar-refractivity contribution in [3.05, 3.63) is 71.3 Å². The summed E-state index contributed by atoms with van der Waals surface area (Å²) >= 11 is 0. The van der Waals surface area contributed by atoms with E-state index in [0.29, 0.717) is 12.0 Å². The number of carbonyl (C=O) groups excluding carboxylic acids is 2. The highest BCUT2D eigenvalue weighted by Gasteiger charge is 2.42. The van der Waals surface area contributed by atoms with Crippen molar-refractivity contribution in [3.63, 3.8) is 0 Å². The van der Waals surface area contributed by atoms with E-state index in [2.05, 4.69) is 5.32 Å². The molecule has 1 aliphatic carbocycles. The predicted molar refractivity (Wildman–Crippen MR) is 89.5 cm³/mol. The molecule has 1 unspecified atom stereocenters. The molecule has 1 atom stereocenters. The van der Waals surface area contributed by atoms with Gasteiger partial charge in [-0.1, -0.05) is 48.5 Å². The number of nitrogens with one attached hydrogen (secondary N) is 1. The molecule has 0 radical (unpaired) electrons. The van der Waals surface area contributed by atoms with Crippen molar-refractivity contribution in [2.45, 2.75) is 37.3 Å². The second-order valence-electron chi connectivity index (χ2n) is 6.55. The van der Waals surface area contributed by atoms with Gasteiger partial charge in [-0.25, -0.2) is 4.79 Å². The summed E-state index contributed by atoms with van der Waals surface area (Å²) in [4.78, 5) is 24.9. The van der Waals surface area contributed by atoms with Crippen LogP contribution in [0.1, 0.15) is 40.7 Å². The van der Waals surface area contributed by atoms with E-state index in [-0.39, 0.29) is 11.4 Å². The first-order valence-electron chi connectivity index (χ1n) is 8.34. The van der Waals surface area contributed by atoms with Crippen molar-refractivity contribution in [1.82, 2.24) is 5.32 Å². The van der Waals surface area contributed by atoms with Gasteiger partial charge in [0.1, 0.15) is 0 Å². The van der Waals surface area contributed by atoms with E-state index >= 15 is 0 Å². The predicted octanol–water partition coefficient (Wildman–Crippen LogP) is 2.96. The Morgan fingerprint density at radius 1 is 1.04 bits per heavy atom. The van der Waals surface area contributed by atoms with Gasteiger partial charge < -0.3 is 10.1 Å². The lowest BCUT2D eigenvalue weighted by atomic mass is 9.71. The maximum absolute atomic E-state index is 12.7. The van der Waals surface area contributed by atoms with Crippen LogP contribution in [0.5, 0.6) is 0 Å². The van der Waals surface area contributed by atoms with E-state index in [1.165, 1.54) is 0 Å². The van der Waals surface area contributed by atoms with E-state index in [0.717, 1.165) is 30.4 Å². The molecule has 4 heteroatoms. The van der Waals surface area contributed by atoms with Gasteiger partial charge in [-0.15, -0.1) is 0 Å². The Hall–Kier alpha value is -2.62. The first-order valence-corrected chi connectivity index (χ1v) is 8.34. The van der Waals surface area contributed by atoms with E-state index in [1.807, 2.05) is 42.5 Å². The quantitative estimate of drug-likeness (QED) is 0.884. The molecule has 0 bridgehead atoms. The van der Waals surface area contributed by atoms with Crippen LogP contribution in [0.15, 0.2) is 54.6 Å². The standard InChI is InChI=1S/C20H19NO3/c22-18(17-13-14-7-4-5-10-16(14)19(23)24-17)21-20(11-6-12-20)15-8-2-1-3-9-15/h1-5,7-10,17H,6,11-13H2,(H,21,22). The van der Waals surface area contributed by atoms with Crippen LogP contribution in [-0.4, -0.2) is 18.0 Å². The molecule has 0 spiro atoms. The highest BCUT2D eigenvalue weighted by atomic mass is 16.5. The zero-order valence-corrected chi connectivity index (χ0v) is 13.3. The Morgan fingerprint density at radius 2 is 1.75 bits per heavy atom. The third kappa shape index (κ3) is 2.48. The van der Waals surface area contributed by atoms with Crippen molar-refractivity contribution in [3.8, 4) is 0 Å². The van der Waals surface area contributed by atoms with Gasteiger partial charge in [0, 0.05) is 6.42 Å². The summed E-state index contributed by atoms with van der Waals surface area (Å²) in [6.45, 7) is 0. The monoisotopic (exact) mass is 321 g/mol.